The van der Waals surface area contributed by atoms with Gasteiger partial charge in [-0.2, -0.15) is 13.2 Å². The van der Waals surface area contributed by atoms with Crippen molar-refractivity contribution >= 4 is 6.21 Å². The molecule has 0 spiro atoms. The third-order valence-corrected chi connectivity index (χ3v) is 2.92. The van der Waals surface area contributed by atoms with Crippen LogP contribution in [0.2, 0.25) is 0 Å². The third kappa shape index (κ3) is 4.70. The van der Waals surface area contributed by atoms with Crippen molar-refractivity contribution < 1.29 is 17.6 Å². The van der Waals surface area contributed by atoms with Crippen LogP contribution in [0, 0.1) is 5.82 Å². The van der Waals surface area contributed by atoms with Gasteiger partial charge < -0.3 is 0 Å². The molecular weight excluding hydrogens is 282 g/mol. The molecule has 0 aliphatic rings. The summed E-state index contributed by atoms with van der Waals surface area (Å²) in [6.45, 7) is 0. The fourth-order valence-electron chi connectivity index (χ4n) is 1.82. The van der Waals surface area contributed by atoms with Crippen LogP contribution in [0.25, 0.3) is 0 Å². The monoisotopic (exact) mass is 295 g/mol. The van der Waals surface area contributed by atoms with Crippen LogP contribution in [0.15, 0.2) is 59.6 Å². The first-order valence-corrected chi connectivity index (χ1v) is 6.34. The minimum absolute atomic E-state index is 0.220. The van der Waals surface area contributed by atoms with Gasteiger partial charge in [0.25, 0.3) is 0 Å². The van der Waals surface area contributed by atoms with Gasteiger partial charge in [-0.3, -0.25) is 4.99 Å². The van der Waals surface area contributed by atoms with Gasteiger partial charge >= 0.3 is 6.18 Å². The second-order valence-electron chi connectivity index (χ2n) is 4.58. The Morgan fingerprint density at radius 1 is 0.952 bits per heavy atom. The Bertz CT molecular complexity index is 588. The molecule has 0 aromatic heterocycles. The lowest BCUT2D eigenvalue weighted by atomic mass is 10.1. The van der Waals surface area contributed by atoms with Crippen LogP contribution in [-0.2, 0) is 6.42 Å². The number of benzene rings is 2. The summed E-state index contributed by atoms with van der Waals surface area (Å²) in [7, 11) is 0. The molecule has 0 amide bonds. The molecule has 0 aliphatic heterocycles. The first kappa shape index (κ1) is 15.2. The van der Waals surface area contributed by atoms with Crippen molar-refractivity contribution in [1.82, 2.24) is 0 Å². The van der Waals surface area contributed by atoms with Crippen molar-refractivity contribution in [1.29, 1.82) is 0 Å². The average Bonchev–Trinajstić information content (AvgIpc) is 2.45. The Kier molecular flexibility index (Phi) is 4.73. The van der Waals surface area contributed by atoms with E-state index in [2.05, 4.69) is 4.99 Å². The Balaban J connectivity index is 2.15. The zero-order valence-electron chi connectivity index (χ0n) is 11.0. The van der Waals surface area contributed by atoms with Crippen molar-refractivity contribution in [3.8, 4) is 0 Å². The molecule has 1 atom stereocenters. The van der Waals surface area contributed by atoms with Crippen molar-refractivity contribution in [3.05, 3.63) is 71.5 Å². The topological polar surface area (TPSA) is 12.4 Å². The second kappa shape index (κ2) is 6.52. The standard InChI is InChI=1S/C16H13F4N/c17-14-8-6-13(7-9-14)11-21-15(16(18,19)20)10-12-4-2-1-3-5-12/h1-9,11,15H,10H2. The van der Waals surface area contributed by atoms with Crippen molar-refractivity contribution in [2.24, 2.45) is 4.99 Å². The molecule has 110 valence electrons. The van der Waals surface area contributed by atoms with E-state index in [1.807, 2.05) is 0 Å². The van der Waals surface area contributed by atoms with E-state index in [0.29, 0.717) is 11.1 Å². The van der Waals surface area contributed by atoms with Gasteiger partial charge in [-0.25, -0.2) is 4.39 Å². The average molecular weight is 295 g/mol. The number of hydrogen-bond acceptors (Lipinski definition) is 1. The Morgan fingerprint density at radius 3 is 2.14 bits per heavy atom. The summed E-state index contributed by atoms with van der Waals surface area (Å²) >= 11 is 0. The van der Waals surface area contributed by atoms with Gasteiger partial charge in [0.15, 0.2) is 0 Å². The quantitative estimate of drug-likeness (QED) is 0.585. The summed E-state index contributed by atoms with van der Waals surface area (Å²) in [6.07, 6.45) is -3.52. The van der Waals surface area contributed by atoms with Crippen molar-refractivity contribution in [3.63, 3.8) is 0 Å². The third-order valence-electron chi connectivity index (χ3n) is 2.92. The molecule has 2 rings (SSSR count). The molecule has 0 heterocycles. The van der Waals surface area contributed by atoms with Gasteiger partial charge in [0.2, 0.25) is 0 Å². The normalized spacial score (nSPS) is 13.5. The molecular formula is C16H13F4N. The van der Waals surface area contributed by atoms with Crippen molar-refractivity contribution in [2.75, 3.05) is 0 Å². The van der Waals surface area contributed by atoms with Crippen LogP contribution in [0.1, 0.15) is 11.1 Å². The summed E-state index contributed by atoms with van der Waals surface area (Å²) in [5, 5.41) is 0. The van der Waals surface area contributed by atoms with E-state index in [4.69, 9.17) is 0 Å². The number of hydrogen-bond donors (Lipinski definition) is 0. The van der Waals surface area contributed by atoms with Crippen LogP contribution < -0.4 is 0 Å². The number of aliphatic imine (C=N–C) groups is 1. The first-order chi connectivity index (χ1) is 9.95. The predicted molar refractivity (Wildman–Crippen MR) is 74.0 cm³/mol. The van der Waals surface area contributed by atoms with Crippen LogP contribution in [0.4, 0.5) is 17.6 Å². The van der Waals surface area contributed by atoms with E-state index in [0.717, 1.165) is 6.21 Å². The number of rotatable bonds is 4. The van der Waals surface area contributed by atoms with Gasteiger partial charge in [-0.05, 0) is 23.3 Å². The summed E-state index contributed by atoms with van der Waals surface area (Å²) < 4.78 is 51.7. The lowest BCUT2D eigenvalue weighted by molar-refractivity contribution is -0.146. The smallest absolute Gasteiger partial charge is 0.279 e. The Morgan fingerprint density at radius 2 is 1.57 bits per heavy atom. The molecule has 0 fully saturated rings. The summed E-state index contributed by atoms with van der Waals surface area (Å²) in [5.41, 5.74) is 0.995. The van der Waals surface area contributed by atoms with E-state index >= 15 is 0 Å². The van der Waals surface area contributed by atoms with Crippen molar-refractivity contribution in [2.45, 2.75) is 18.6 Å². The molecule has 0 bridgehead atoms. The van der Waals surface area contributed by atoms with Crippen LogP contribution in [0.3, 0.4) is 0 Å². The fraction of sp³-hybridized carbons (Fsp3) is 0.188. The van der Waals surface area contributed by atoms with Gasteiger partial charge in [0, 0.05) is 12.6 Å². The number of halogens is 4. The fourth-order valence-corrected chi connectivity index (χ4v) is 1.82. The summed E-state index contributed by atoms with van der Waals surface area (Å²) in [6, 6.07) is 11.7. The zero-order valence-corrected chi connectivity index (χ0v) is 11.0. The maximum atomic E-state index is 13.0. The highest BCUT2D eigenvalue weighted by Gasteiger charge is 2.39. The molecule has 0 saturated carbocycles. The molecule has 0 aliphatic carbocycles. The summed E-state index contributed by atoms with van der Waals surface area (Å²) in [4.78, 5) is 3.62. The molecule has 0 saturated heterocycles. The van der Waals surface area contributed by atoms with E-state index in [1.165, 1.54) is 24.3 Å². The van der Waals surface area contributed by atoms with E-state index in [-0.39, 0.29) is 6.42 Å². The van der Waals surface area contributed by atoms with Crippen LogP contribution in [0.5, 0.6) is 0 Å². The molecule has 0 N–H and O–H groups in total. The molecule has 1 nitrogen and oxygen atoms in total. The molecule has 2 aromatic carbocycles. The highest BCUT2D eigenvalue weighted by Crippen LogP contribution is 2.26. The Hall–Kier alpha value is -2.17. The molecule has 5 heteroatoms. The maximum Gasteiger partial charge on any atom is 0.411 e. The van der Waals surface area contributed by atoms with Gasteiger partial charge in [-0.15, -0.1) is 0 Å². The maximum absolute atomic E-state index is 13.0. The predicted octanol–water partition coefficient (Wildman–Crippen LogP) is 4.42. The van der Waals surface area contributed by atoms with Crippen LogP contribution in [-0.4, -0.2) is 18.4 Å². The summed E-state index contributed by atoms with van der Waals surface area (Å²) in [5.74, 6) is -0.441. The Labute approximate surface area is 120 Å². The molecule has 2 aromatic rings. The lowest BCUT2D eigenvalue weighted by Crippen LogP contribution is -2.29. The second-order valence-corrected chi connectivity index (χ2v) is 4.58. The van der Waals surface area contributed by atoms with Gasteiger partial charge in [0.05, 0.1) is 0 Å². The largest absolute Gasteiger partial charge is 0.411 e. The van der Waals surface area contributed by atoms with Gasteiger partial charge in [-0.1, -0.05) is 42.5 Å². The van der Waals surface area contributed by atoms with E-state index in [9.17, 15) is 17.6 Å². The highest BCUT2D eigenvalue weighted by atomic mass is 19.4. The molecule has 21 heavy (non-hydrogen) atoms. The zero-order chi connectivity index (χ0) is 15.3. The van der Waals surface area contributed by atoms with Crippen LogP contribution >= 0.6 is 0 Å². The molecule has 1 unspecified atom stereocenters. The SMILES string of the molecule is Fc1ccc(C=NC(Cc2ccccc2)C(F)(F)F)cc1. The minimum Gasteiger partial charge on any atom is -0.279 e. The highest BCUT2D eigenvalue weighted by molar-refractivity contribution is 5.79. The number of alkyl halides is 3. The van der Waals surface area contributed by atoms with E-state index < -0.39 is 18.0 Å². The lowest BCUT2D eigenvalue weighted by Gasteiger charge is -2.16. The number of nitrogens with zero attached hydrogens (tertiary/aromatic N) is 1. The van der Waals surface area contributed by atoms with Gasteiger partial charge in [0.1, 0.15) is 11.9 Å². The first-order valence-electron chi connectivity index (χ1n) is 6.34. The minimum atomic E-state index is -4.42. The molecule has 0 radical (unpaired) electrons. The van der Waals surface area contributed by atoms with E-state index in [1.54, 1.807) is 30.3 Å².